The number of halogens is 1. The molecule has 0 aromatic heterocycles. The lowest BCUT2D eigenvalue weighted by atomic mass is 10.1. The number of hydrazine groups is 1. The molecular formula is C14H19ClN2O3. The minimum atomic E-state index is -0.287. The molecule has 0 saturated carbocycles. The third-order valence-electron chi connectivity index (χ3n) is 2.40. The molecule has 20 heavy (non-hydrogen) atoms. The fourth-order valence-corrected chi connectivity index (χ4v) is 1.55. The van der Waals surface area contributed by atoms with E-state index in [4.69, 9.17) is 16.3 Å². The van der Waals surface area contributed by atoms with Gasteiger partial charge in [-0.2, -0.15) is 0 Å². The third kappa shape index (κ3) is 7.11. The molecule has 0 aliphatic heterocycles. The molecule has 0 saturated heterocycles. The molecule has 0 bridgehead atoms. The Morgan fingerprint density at radius 3 is 2.35 bits per heavy atom. The predicted molar refractivity (Wildman–Crippen MR) is 77.1 cm³/mol. The van der Waals surface area contributed by atoms with Crippen LogP contribution < -0.4 is 10.9 Å². The molecule has 0 spiro atoms. The number of nitrogens with one attached hydrogen (secondary N) is 2. The quantitative estimate of drug-likeness (QED) is 0.788. The topological polar surface area (TPSA) is 67.4 Å². The van der Waals surface area contributed by atoms with Crippen molar-refractivity contribution in [2.45, 2.75) is 32.8 Å². The number of ether oxygens (including phenoxy) is 1. The van der Waals surface area contributed by atoms with E-state index in [2.05, 4.69) is 10.9 Å². The second-order valence-electron chi connectivity index (χ2n) is 4.57. The molecule has 0 heterocycles. The van der Waals surface area contributed by atoms with E-state index in [-0.39, 0.29) is 30.8 Å². The number of benzene rings is 1. The monoisotopic (exact) mass is 298 g/mol. The lowest BCUT2D eigenvalue weighted by Crippen LogP contribution is -2.42. The van der Waals surface area contributed by atoms with Crippen molar-refractivity contribution in [3.63, 3.8) is 0 Å². The van der Waals surface area contributed by atoms with Crippen molar-refractivity contribution in [2.24, 2.45) is 0 Å². The molecule has 0 radical (unpaired) electrons. The SMILES string of the molecule is CC(C)OCCC(=O)NNC(=O)Cc1ccc(Cl)cc1. The highest BCUT2D eigenvalue weighted by Crippen LogP contribution is 2.09. The van der Waals surface area contributed by atoms with E-state index in [1.54, 1.807) is 24.3 Å². The van der Waals surface area contributed by atoms with E-state index in [9.17, 15) is 9.59 Å². The largest absolute Gasteiger partial charge is 0.378 e. The molecule has 6 heteroatoms. The van der Waals surface area contributed by atoms with Gasteiger partial charge in [0.15, 0.2) is 0 Å². The van der Waals surface area contributed by atoms with E-state index in [0.717, 1.165) is 5.56 Å². The van der Waals surface area contributed by atoms with Crippen molar-refractivity contribution >= 4 is 23.4 Å². The summed E-state index contributed by atoms with van der Waals surface area (Å²) in [6.45, 7) is 4.12. The maximum atomic E-state index is 11.6. The molecule has 0 fully saturated rings. The fourth-order valence-electron chi connectivity index (χ4n) is 1.42. The fraction of sp³-hybridized carbons (Fsp3) is 0.429. The molecule has 1 rings (SSSR count). The first kappa shape index (κ1) is 16.5. The van der Waals surface area contributed by atoms with Gasteiger partial charge in [0.05, 0.1) is 25.6 Å². The Balaban J connectivity index is 2.22. The van der Waals surface area contributed by atoms with E-state index >= 15 is 0 Å². The maximum absolute atomic E-state index is 11.6. The second kappa shape index (κ2) is 8.55. The van der Waals surface area contributed by atoms with E-state index in [0.29, 0.717) is 11.6 Å². The number of carbonyl (C=O) groups excluding carboxylic acids is 2. The summed E-state index contributed by atoms with van der Waals surface area (Å²) in [7, 11) is 0. The van der Waals surface area contributed by atoms with Crippen LogP contribution in [0.3, 0.4) is 0 Å². The van der Waals surface area contributed by atoms with Gasteiger partial charge >= 0.3 is 0 Å². The van der Waals surface area contributed by atoms with Crippen LogP contribution in [0, 0.1) is 0 Å². The molecule has 110 valence electrons. The second-order valence-corrected chi connectivity index (χ2v) is 5.01. The van der Waals surface area contributed by atoms with Gasteiger partial charge < -0.3 is 4.74 Å². The zero-order valence-electron chi connectivity index (χ0n) is 11.6. The summed E-state index contributed by atoms with van der Waals surface area (Å²) < 4.78 is 5.24. The molecule has 0 aliphatic carbocycles. The maximum Gasteiger partial charge on any atom is 0.242 e. The Morgan fingerprint density at radius 2 is 1.75 bits per heavy atom. The lowest BCUT2D eigenvalue weighted by Gasteiger charge is -2.09. The average molecular weight is 299 g/mol. The van der Waals surface area contributed by atoms with Gasteiger partial charge in [-0.05, 0) is 31.5 Å². The highest BCUT2D eigenvalue weighted by atomic mass is 35.5. The minimum Gasteiger partial charge on any atom is -0.378 e. The lowest BCUT2D eigenvalue weighted by molar-refractivity contribution is -0.129. The van der Waals surface area contributed by atoms with Crippen molar-refractivity contribution < 1.29 is 14.3 Å². The Labute approximate surface area is 123 Å². The Morgan fingerprint density at radius 1 is 1.15 bits per heavy atom. The van der Waals surface area contributed by atoms with Crippen LogP contribution in [-0.4, -0.2) is 24.5 Å². The smallest absolute Gasteiger partial charge is 0.242 e. The van der Waals surface area contributed by atoms with Crippen molar-refractivity contribution in [3.05, 3.63) is 34.9 Å². The zero-order chi connectivity index (χ0) is 15.0. The number of hydrogen-bond donors (Lipinski definition) is 2. The van der Waals surface area contributed by atoms with Crippen molar-refractivity contribution in [2.75, 3.05) is 6.61 Å². The normalized spacial score (nSPS) is 10.4. The summed E-state index contributed by atoms with van der Waals surface area (Å²) >= 11 is 5.75. The molecule has 5 nitrogen and oxygen atoms in total. The number of hydrogen-bond acceptors (Lipinski definition) is 3. The highest BCUT2D eigenvalue weighted by Gasteiger charge is 2.06. The van der Waals surface area contributed by atoms with E-state index < -0.39 is 0 Å². The van der Waals surface area contributed by atoms with Gasteiger partial charge in [0.2, 0.25) is 11.8 Å². The van der Waals surface area contributed by atoms with Gasteiger partial charge in [0.1, 0.15) is 0 Å². The van der Waals surface area contributed by atoms with Gasteiger partial charge in [-0.25, -0.2) is 0 Å². The minimum absolute atomic E-state index is 0.0855. The van der Waals surface area contributed by atoms with Crippen LogP contribution >= 0.6 is 11.6 Å². The van der Waals surface area contributed by atoms with Crippen LogP contribution in [0.4, 0.5) is 0 Å². The van der Waals surface area contributed by atoms with Gasteiger partial charge in [0.25, 0.3) is 0 Å². The van der Waals surface area contributed by atoms with E-state index in [1.807, 2.05) is 13.8 Å². The highest BCUT2D eigenvalue weighted by molar-refractivity contribution is 6.30. The molecule has 0 atom stereocenters. The van der Waals surface area contributed by atoms with Crippen molar-refractivity contribution in [3.8, 4) is 0 Å². The summed E-state index contributed by atoms with van der Waals surface area (Å²) in [4.78, 5) is 23.0. The van der Waals surface area contributed by atoms with Gasteiger partial charge in [-0.1, -0.05) is 23.7 Å². The van der Waals surface area contributed by atoms with Gasteiger partial charge in [-0.15, -0.1) is 0 Å². The molecule has 2 N–H and O–H groups in total. The van der Waals surface area contributed by atoms with Crippen LogP contribution in [0.1, 0.15) is 25.8 Å². The summed E-state index contributed by atoms with van der Waals surface area (Å²) in [5.74, 6) is -0.569. The molecule has 1 aromatic carbocycles. The average Bonchev–Trinajstić information content (AvgIpc) is 2.39. The van der Waals surface area contributed by atoms with Crippen LogP contribution in [0.5, 0.6) is 0 Å². The van der Waals surface area contributed by atoms with Gasteiger partial charge in [0, 0.05) is 5.02 Å². The molecule has 1 aromatic rings. The number of amides is 2. The van der Waals surface area contributed by atoms with Crippen LogP contribution in [-0.2, 0) is 20.7 Å². The molecule has 2 amide bonds. The first-order chi connectivity index (χ1) is 9.47. The number of rotatable bonds is 6. The summed E-state index contributed by atoms with van der Waals surface area (Å²) in [5, 5.41) is 0.618. The first-order valence-electron chi connectivity index (χ1n) is 6.41. The summed E-state index contributed by atoms with van der Waals surface area (Å²) in [6.07, 6.45) is 0.474. The zero-order valence-corrected chi connectivity index (χ0v) is 12.4. The Bertz CT molecular complexity index is 446. The first-order valence-corrected chi connectivity index (χ1v) is 6.79. The predicted octanol–water partition coefficient (Wildman–Crippen LogP) is 1.84. The Hall–Kier alpha value is -1.59. The van der Waals surface area contributed by atoms with Crippen molar-refractivity contribution in [1.29, 1.82) is 0 Å². The standard InChI is InChI=1S/C14H19ClN2O3/c1-10(2)20-8-7-13(18)16-17-14(19)9-11-3-5-12(15)6-4-11/h3-6,10H,7-9H2,1-2H3,(H,16,18)(H,17,19). The summed E-state index contributed by atoms with van der Waals surface area (Å²) in [6, 6.07) is 6.96. The Kier molecular flexibility index (Phi) is 7.04. The van der Waals surface area contributed by atoms with Crippen molar-refractivity contribution in [1.82, 2.24) is 10.9 Å². The molecule has 0 unspecified atom stereocenters. The molecular weight excluding hydrogens is 280 g/mol. The van der Waals surface area contributed by atoms with Crippen LogP contribution in [0.25, 0.3) is 0 Å². The van der Waals surface area contributed by atoms with E-state index in [1.165, 1.54) is 0 Å². The molecule has 0 aliphatic rings. The van der Waals surface area contributed by atoms with Crippen LogP contribution in [0.15, 0.2) is 24.3 Å². The summed E-state index contributed by atoms with van der Waals surface area (Å²) in [5.41, 5.74) is 5.52. The third-order valence-corrected chi connectivity index (χ3v) is 2.65. The number of carbonyl (C=O) groups is 2. The van der Waals surface area contributed by atoms with Crippen LogP contribution in [0.2, 0.25) is 5.02 Å². The van der Waals surface area contributed by atoms with Gasteiger partial charge in [-0.3, -0.25) is 20.4 Å².